The Labute approximate surface area is 128 Å². The first-order valence-electron chi connectivity index (χ1n) is 5.80. The predicted octanol–water partition coefficient (Wildman–Crippen LogP) is 0.592. The molecule has 2 heterocycles. The number of aryl methyl sites for hydroxylation is 2. The lowest BCUT2D eigenvalue weighted by molar-refractivity contribution is 0.0991. The SMILES string of the molecule is CCn1ncc(NC(=O)c2nn(C)cc2I)c1C(N)=O. The van der Waals surface area contributed by atoms with Crippen molar-refractivity contribution >= 4 is 40.1 Å². The van der Waals surface area contributed by atoms with Gasteiger partial charge in [0.1, 0.15) is 5.69 Å². The monoisotopic (exact) mass is 388 g/mol. The van der Waals surface area contributed by atoms with E-state index in [0.717, 1.165) is 0 Å². The van der Waals surface area contributed by atoms with Crippen molar-refractivity contribution in [3.8, 4) is 0 Å². The molecule has 0 saturated carbocycles. The maximum atomic E-state index is 12.1. The van der Waals surface area contributed by atoms with Gasteiger partial charge in [-0.25, -0.2) is 0 Å². The molecule has 2 aromatic heterocycles. The number of hydrogen-bond acceptors (Lipinski definition) is 4. The quantitative estimate of drug-likeness (QED) is 0.748. The molecular formula is C11H13IN6O2. The molecule has 0 aliphatic heterocycles. The fourth-order valence-electron chi connectivity index (χ4n) is 1.77. The number of hydrogen-bond donors (Lipinski definition) is 2. The van der Waals surface area contributed by atoms with Crippen LogP contribution in [0.1, 0.15) is 27.9 Å². The third-order valence-electron chi connectivity index (χ3n) is 2.62. The zero-order chi connectivity index (χ0) is 14.9. The summed E-state index contributed by atoms with van der Waals surface area (Å²) < 4.78 is 3.69. The molecule has 3 N–H and O–H groups in total. The molecule has 0 saturated heterocycles. The topological polar surface area (TPSA) is 108 Å². The number of anilines is 1. The van der Waals surface area contributed by atoms with Crippen LogP contribution in [-0.4, -0.2) is 31.4 Å². The smallest absolute Gasteiger partial charge is 0.277 e. The Hall–Kier alpha value is -1.91. The number of carbonyl (C=O) groups excluding carboxylic acids is 2. The Kier molecular flexibility index (Phi) is 4.06. The van der Waals surface area contributed by atoms with Gasteiger partial charge in [0.05, 0.1) is 15.5 Å². The average molecular weight is 388 g/mol. The Balaban J connectivity index is 2.31. The van der Waals surface area contributed by atoms with Gasteiger partial charge in [-0.2, -0.15) is 10.2 Å². The van der Waals surface area contributed by atoms with E-state index in [9.17, 15) is 9.59 Å². The van der Waals surface area contributed by atoms with Gasteiger partial charge < -0.3 is 11.1 Å². The minimum atomic E-state index is -0.643. The van der Waals surface area contributed by atoms with Crippen LogP contribution >= 0.6 is 22.6 Å². The minimum Gasteiger partial charge on any atom is -0.364 e. The van der Waals surface area contributed by atoms with E-state index in [1.54, 1.807) is 17.9 Å². The third-order valence-corrected chi connectivity index (χ3v) is 3.41. The summed E-state index contributed by atoms with van der Waals surface area (Å²) in [5.74, 6) is -1.05. The molecule has 0 radical (unpaired) electrons. The van der Waals surface area contributed by atoms with Gasteiger partial charge in [0, 0.05) is 19.8 Å². The molecule has 9 heteroatoms. The van der Waals surface area contributed by atoms with Gasteiger partial charge in [0.25, 0.3) is 11.8 Å². The van der Waals surface area contributed by atoms with E-state index in [1.807, 2.05) is 29.5 Å². The Morgan fingerprint density at radius 3 is 2.70 bits per heavy atom. The Morgan fingerprint density at radius 2 is 2.20 bits per heavy atom. The maximum absolute atomic E-state index is 12.1. The molecule has 0 unspecified atom stereocenters. The molecule has 0 aromatic carbocycles. The number of primary amides is 1. The summed E-state index contributed by atoms with van der Waals surface area (Å²) in [5.41, 5.74) is 6.05. The molecule has 0 bridgehead atoms. The Bertz CT molecular complexity index is 675. The van der Waals surface area contributed by atoms with E-state index < -0.39 is 11.8 Å². The summed E-state index contributed by atoms with van der Waals surface area (Å²) >= 11 is 2.02. The third kappa shape index (κ3) is 2.66. The van der Waals surface area contributed by atoms with E-state index in [0.29, 0.717) is 10.1 Å². The van der Waals surface area contributed by atoms with Crippen molar-refractivity contribution in [2.75, 3.05) is 5.32 Å². The van der Waals surface area contributed by atoms with Crippen LogP contribution in [-0.2, 0) is 13.6 Å². The molecule has 0 atom stereocenters. The fourth-order valence-corrected chi connectivity index (χ4v) is 2.53. The number of aromatic nitrogens is 4. The molecule has 2 amide bonds. The second kappa shape index (κ2) is 5.61. The first-order valence-corrected chi connectivity index (χ1v) is 6.88. The molecule has 2 rings (SSSR count). The molecular weight excluding hydrogens is 375 g/mol. The standard InChI is InChI=1S/C11H13IN6O2/c1-3-18-9(10(13)19)7(4-14-18)15-11(20)8-6(12)5-17(2)16-8/h4-5H,3H2,1-2H3,(H2,13,19)(H,15,20). The van der Waals surface area contributed by atoms with Crippen LogP contribution in [0.15, 0.2) is 12.4 Å². The van der Waals surface area contributed by atoms with Gasteiger partial charge in [0.15, 0.2) is 5.69 Å². The maximum Gasteiger partial charge on any atom is 0.277 e. The first-order chi connectivity index (χ1) is 9.43. The predicted molar refractivity (Wildman–Crippen MR) is 80.3 cm³/mol. The van der Waals surface area contributed by atoms with Crippen molar-refractivity contribution in [1.82, 2.24) is 19.6 Å². The summed E-state index contributed by atoms with van der Waals surface area (Å²) in [6, 6.07) is 0. The van der Waals surface area contributed by atoms with Gasteiger partial charge in [-0.05, 0) is 29.5 Å². The summed E-state index contributed by atoms with van der Waals surface area (Å²) in [7, 11) is 1.73. The van der Waals surface area contributed by atoms with Crippen LogP contribution in [0.3, 0.4) is 0 Å². The lowest BCUT2D eigenvalue weighted by Crippen LogP contribution is -2.21. The van der Waals surface area contributed by atoms with E-state index >= 15 is 0 Å². The minimum absolute atomic E-state index is 0.173. The van der Waals surface area contributed by atoms with Gasteiger partial charge in [-0.15, -0.1) is 0 Å². The van der Waals surface area contributed by atoms with E-state index in [-0.39, 0.29) is 17.1 Å². The number of rotatable bonds is 4. The number of nitrogens with zero attached hydrogens (tertiary/aromatic N) is 4. The normalized spacial score (nSPS) is 10.6. The van der Waals surface area contributed by atoms with Gasteiger partial charge >= 0.3 is 0 Å². The van der Waals surface area contributed by atoms with Gasteiger partial charge in [-0.3, -0.25) is 19.0 Å². The summed E-state index contributed by atoms with van der Waals surface area (Å²) in [4.78, 5) is 23.6. The largest absolute Gasteiger partial charge is 0.364 e. The molecule has 0 aliphatic rings. The van der Waals surface area contributed by atoms with Gasteiger partial charge in [-0.1, -0.05) is 0 Å². The highest BCUT2D eigenvalue weighted by molar-refractivity contribution is 14.1. The average Bonchev–Trinajstić information content (AvgIpc) is 2.92. The number of carbonyl (C=O) groups is 2. The highest BCUT2D eigenvalue weighted by Crippen LogP contribution is 2.17. The van der Waals surface area contributed by atoms with Crippen molar-refractivity contribution in [2.45, 2.75) is 13.5 Å². The second-order valence-electron chi connectivity index (χ2n) is 4.04. The van der Waals surface area contributed by atoms with Crippen molar-refractivity contribution in [3.63, 3.8) is 0 Å². The molecule has 2 aromatic rings. The molecule has 0 spiro atoms. The van der Waals surface area contributed by atoms with Crippen molar-refractivity contribution in [1.29, 1.82) is 0 Å². The van der Waals surface area contributed by atoms with Crippen LogP contribution in [0, 0.1) is 3.57 Å². The summed E-state index contributed by atoms with van der Waals surface area (Å²) in [6.45, 7) is 2.31. The van der Waals surface area contributed by atoms with E-state index in [2.05, 4.69) is 15.5 Å². The number of amides is 2. The summed E-state index contributed by atoms with van der Waals surface area (Å²) in [5, 5.41) is 10.7. The van der Waals surface area contributed by atoms with E-state index in [1.165, 1.54) is 10.9 Å². The fraction of sp³-hybridized carbons (Fsp3) is 0.273. The van der Waals surface area contributed by atoms with Crippen LogP contribution in [0.5, 0.6) is 0 Å². The number of halogens is 1. The summed E-state index contributed by atoms with van der Waals surface area (Å²) in [6.07, 6.45) is 3.12. The number of nitrogens with two attached hydrogens (primary N) is 1. The lowest BCUT2D eigenvalue weighted by Gasteiger charge is -2.05. The van der Waals surface area contributed by atoms with Crippen molar-refractivity contribution < 1.29 is 9.59 Å². The van der Waals surface area contributed by atoms with Crippen molar-refractivity contribution in [2.24, 2.45) is 12.8 Å². The van der Waals surface area contributed by atoms with Crippen LogP contribution in [0.2, 0.25) is 0 Å². The zero-order valence-electron chi connectivity index (χ0n) is 10.9. The van der Waals surface area contributed by atoms with Crippen LogP contribution < -0.4 is 11.1 Å². The second-order valence-corrected chi connectivity index (χ2v) is 5.20. The molecule has 0 aliphatic carbocycles. The van der Waals surface area contributed by atoms with Crippen LogP contribution in [0.4, 0.5) is 5.69 Å². The number of nitrogens with one attached hydrogen (secondary N) is 1. The van der Waals surface area contributed by atoms with Crippen LogP contribution in [0.25, 0.3) is 0 Å². The molecule has 20 heavy (non-hydrogen) atoms. The first kappa shape index (κ1) is 14.5. The van der Waals surface area contributed by atoms with Gasteiger partial charge in [0.2, 0.25) is 0 Å². The zero-order valence-corrected chi connectivity index (χ0v) is 13.1. The van der Waals surface area contributed by atoms with Crippen molar-refractivity contribution in [3.05, 3.63) is 27.4 Å². The lowest BCUT2D eigenvalue weighted by atomic mass is 10.3. The Morgan fingerprint density at radius 1 is 1.50 bits per heavy atom. The molecule has 8 nitrogen and oxygen atoms in total. The van der Waals surface area contributed by atoms with E-state index in [4.69, 9.17) is 5.73 Å². The highest BCUT2D eigenvalue weighted by Gasteiger charge is 2.20. The molecule has 106 valence electrons. The molecule has 0 fully saturated rings. The highest BCUT2D eigenvalue weighted by atomic mass is 127.